The topological polar surface area (TPSA) is 98.1 Å². The minimum atomic E-state index is -0.435. The number of hydrogen-bond donors (Lipinski definition) is 2. The van der Waals surface area contributed by atoms with Gasteiger partial charge in [0.25, 0.3) is 5.56 Å². The molecule has 0 aliphatic rings. The van der Waals surface area contributed by atoms with Crippen molar-refractivity contribution in [3.63, 3.8) is 0 Å². The van der Waals surface area contributed by atoms with Gasteiger partial charge in [0.2, 0.25) is 0 Å². The van der Waals surface area contributed by atoms with Crippen LogP contribution in [0.4, 0.5) is 5.69 Å². The third kappa shape index (κ3) is 2.79. The molecule has 3 N–H and O–H groups in total. The number of anilines is 1. The second-order valence-corrected chi connectivity index (χ2v) is 3.50. The molecule has 0 aromatic carbocycles. The SMILES string of the molecule is CCOC(=O)Cc1n[nH]c(=O)c(Br)c1N. The van der Waals surface area contributed by atoms with Crippen molar-refractivity contribution in [3.8, 4) is 0 Å². The number of ether oxygens (including phenoxy) is 1. The fourth-order valence-corrected chi connectivity index (χ4v) is 1.28. The number of carbonyl (C=O) groups excluding carboxylic acids is 1. The summed E-state index contributed by atoms with van der Waals surface area (Å²) < 4.78 is 4.91. The van der Waals surface area contributed by atoms with E-state index in [1.807, 2.05) is 0 Å². The van der Waals surface area contributed by atoms with Crippen molar-refractivity contribution in [2.45, 2.75) is 13.3 Å². The predicted octanol–water partition coefficient (Wildman–Crippen LogP) is 0.220. The fourth-order valence-electron chi connectivity index (χ4n) is 0.960. The highest BCUT2D eigenvalue weighted by Crippen LogP contribution is 2.16. The number of esters is 1. The van der Waals surface area contributed by atoms with E-state index in [1.54, 1.807) is 6.92 Å². The van der Waals surface area contributed by atoms with Gasteiger partial charge < -0.3 is 10.5 Å². The van der Waals surface area contributed by atoms with E-state index in [9.17, 15) is 9.59 Å². The standard InChI is InChI=1S/C8H10BrN3O3/c1-2-15-5(13)3-4-7(10)6(9)8(14)12-11-4/h2-3H2,1H3,(H3,10,12,14). The molecule has 0 bridgehead atoms. The fraction of sp³-hybridized carbons (Fsp3) is 0.375. The zero-order valence-electron chi connectivity index (χ0n) is 8.04. The van der Waals surface area contributed by atoms with Gasteiger partial charge >= 0.3 is 5.97 Å². The maximum atomic E-state index is 11.1. The molecule has 1 heterocycles. The molecule has 0 atom stereocenters. The van der Waals surface area contributed by atoms with Crippen LogP contribution in [0.3, 0.4) is 0 Å². The molecular formula is C8H10BrN3O3. The van der Waals surface area contributed by atoms with Crippen LogP contribution in [-0.2, 0) is 16.0 Å². The molecule has 6 nitrogen and oxygen atoms in total. The molecule has 1 aromatic rings. The Labute approximate surface area is 93.9 Å². The van der Waals surface area contributed by atoms with Crippen molar-refractivity contribution >= 4 is 27.6 Å². The van der Waals surface area contributed by atoms with Gasteiger partial charge in [-0.25, -0.2) is 5.10 Å². The van der Waals surface area contributed by atoms with E-state index in [4.69, 9.17) is 10.5 Å². The van der Waals surface area contributed by atoms with E-state index in [1.165, 1.54) is 0 Å². The van der Waals surface area contributed by atoms with Crippen LogP contribution in [0.25, 0.3) is 0 Å². The first-order valence-corrected chi connectivity index (χ1v) is 5.03. The molecule has 0 radical (unpaired) electrons. The second kappa shape index (κ2) is 4.92. The zero-order chi connectivity index (χ0) is 11.4. The van der Waals surface area contributed by atoms with Crippen LogP contribution in [0.15, 0.2) is 9.27 Å². The summed E-state index contributed by atoms with van der Waals surface area (Å²) in [6.07, 6.45) is -0.0605. The molecular weight excluding hydrogens is 266 g/mol. The summed E-state index contributed by atoms with van der Waals surface area (Å²) in [5.41, 5.74) is 5.61. The van der Waals surface area contributed by atoms with Crippen LogP contribution in [0.2, 0.25) is 0 Å². The first-order chi connectivity index (χ1) is 7.06. The van der Waals surface area contributed by atoms with Crippen molar-refractivity contribution in [1.29, 1.82) is 0 Å². The molecule has 0 saturated carbocycles. The molecule has 1 aromatic heterocycles. The third-order valence-corrected chi connectivity index (χ3v) is 2.44. The van der Waals surface area contributed by atoms with E-state index in [0.717, 1.165) is 0 Å². The lowest BCUT2D eigenvalue weighted by Crippen LogP contribution is -2.18. The van der Waals surface area contributed by atoms with E-state index in [0.29, 0.717) is 12.3 Å². The lowest BCUT2D eigenvalue weighted by molar-refractivity contribution is -0.142. The second-order valence-electron chi connectivity index (χ2n) is 2.71. The number of aromatic amines is 1. The summed E-state index contributed by atoms with van der Waals surface area (Å²) >= 11 is 3.00. The normalized spacial score (nSPS) is 10.0. The molecule has 15 heavy (non-hydrogen) atoms. The Bertz CT molecular complexity index is 430. The summed E-state index contributed by atoms with van der Waals surface area (Å²) in [6, 6.07) is 0. The van der Waals surface area contributed by atoms with Crippen LogP contribution in [0.5, 0.6) is 0 Å². The average molecular weight is 276 g/mol. The summed E-state index contributed by atoms with van der Waals surface area (Å²) in [5, 5.41) is 5.88. The maximum absolute atomic E-state index is 11.1. The van der Waals surface area contributed by atoms with Crippen molar-refractivity contribution in [1.82, 2.24) is 10.2 Å². The molecule has 7 heteroatoms. The number of H-pyrrole nitrogens is 1. The number of rotatable bonds is 3. The number of carbonyl (C=O) groups is 1. The smallest absolute Gasteiger partial charge is 0.312 e. The van der Waals surface area contributed by atoms with Gasteiger partial charge in [-0.1, -0.05) is 0 Å². The van der Waals surface area contributed by atoms with Crippen LogP contribution >= 0.6 is 15.9 Å². The Hall–Kier alpha value is -1.37. The quantitative estimate of drug-likeness (QED) is 0.769. The zero-order valence-corrected chi connectivity index (χ0v) is 9.63. The van der Waals surface area contributed by atoms with Crippen molar-refractivity contribution in [2.24, 2.45) is 0 Å². The Morgan fingerprint density at radius 2 is 2.33 bits per heavy atom. The van der Waals surface area contributed by atoms with E-state index < -0.39 is 11.5 Å². The van der Waals surface area contributed by atoms with Gasteiger partial charge in [0.1, 0.15) is 4.47 Å². The number of nitrogens with two attached hydrogens (primary N) is 1. The Kier molecular flexibility index (Phi) is 3.84. The molecule has 0 aliphatic carbocycles. The van der Waals surface area contributed by atoms with Gasteiger partial charge in [0.15, 0.2) is 0 Å². The number of nitrogens with zero attached hydrogens (tertiary/aromatic N) is 1. The lowest BCUT2D eigenvalue weighted by Gasteiger charge is -2.04. The monoisotopic (exact) mass is 275 g/mol. The minimum absolute atomic E-state index is 0.0605. The molecule has 0 unspecified atom stereocenters. The lowest BCUT2D eigenvalue weighted by atomic mass is 10.2. The number of hydrogen-bond acceptors (Lipinski definition) is 5. The number of nitrogen functional groups attached to an aromatic ring is 1. The molecule has 82 valence electrons. The molecule has 0 saturated heterocycles. The minimum Gasteiger partial charge on any atom is -0.466 e. The van der Waals surface area contributed by atoms with E-state index in [-0.39, 0.29) is 16.6 Å². The highest BCUT2D eigenvalue weighted by atomic mass is 79.9. The van der Waals surface area contributed by atoms with Gasteiger partial charge in [-0.15, -0.1) is 0 Å². The molecule has 1 rings (SSSR count). The molecule has 0 aliphatic heterocycles. The summed E-state index contributed by atoms with van der Waals surface area (Å²) in [5.74, 6) is -0.435. The number of halogens is 1. The van der Waals surface area contributed by atoms with Gasteiger partial charge in [-0.3, -0.25) is 9.59 Å². The van der Waals surface area contributed by atoms with Crippen LogP contribution < -0.4 is 11.3 Å². The number of nitrogens with one attached hydrogen (secondary N) is 1. The highest BCUT2D eigenvalue weighted by molar-refractivity contribution is 9.10. The van der Waals surface area contributed by atoms with Gasteiger partial charge in [0, 0.05) is 0 Å². The highest BCUT2D eigenvalue weighted by Gasteiger charge is 2.13. The molecule has 0 spiro atoms. The first-order valence-electron chi connectivity index (χ1n) is 4.24. The summed E-state index contributed by atoms with van der Waals surface area (Å²) in [6.45, 7) is 2.00. The molecule has 0 amide bonds. The van der Waals surface area contributed by atoms with E-state index in [2.05, 4.69) is 26.1 Å². The average Bonchev–Trinajstić information content (AvgIpc) is 2.20. The van der Waals surface area contributed by atoms with Crippen LogP contribution in [-0.4, -0.2) is 22.8 Å². The summed E-state index contributed by atoms with van der Waals surface area (Å²) in [4.78, 5) is 22.2. The van der Waals surface area contributed by atoms with Crippen LogP contribution in [0, 0.1) is 0 Å². The van der Waals surface area contributed by atoms with Gasteiger partial charge in [-0.05, 0) is 22.9 Å². The summed E-state index contributed by atoms with van der Waals surface area (Å²) in [7, 11) is 0. The van der Waals surface area contributed by atoms with Crippen LogP contribution in [0.1, 0.15) is 12.6 Å². The largest absolute Gasteiger partial charge is 0.466 e. The maximum Gasteiger partial charge on any atom is 0.312 e. The van der Waals surface area contributed by atoms with Crippen molar-refractivity contribution in [2.75, 3.05) is 12.3 Å². The Balaban J connectivity index is 2.92. The van der Waals surface area contributed by atoms with Crippen molar-refractivity contribution < 1.29 is 9.53 Å². The van der Waals surface area contributed by atoms with Gasteiger partial charge in [-0.2, -0.15) is 5.10 Å². The van der Waals surface area contributed by atoms with Gasteiger partial charge in [0.05, 0.1) is 24.4 Å². The Morgan fingerprint density at radius 1 is 1.67 bits per heavy atom. The Morgan fingerprint density at radius 3 is 2.93 bits per heavy atom. The molecule has 0 fully saturated rings. The van der Waals surface area contributed by atoms with Crippen molar-refractivity contribution in [3.05, 3.63) is 20.5 Å². The predicted molar refractivity (Wildman–Crippen MR) is 57.3 cm³/mol. The number of aromatic nitrogens is 2. The first kappa shape index (κ1) is 11.7. The van der Waals surface area contributed by atoms with E-state index >= 15 is 0 Å². The third-order valence-electron chi connectivity index (χ3n) is 1.66.